The van der Waals surface area contributed by atoms with Gasteiger partial charge in [-0.3, -0.25) is 4.79 Å². The number of rotatable bonds is 3. The first-order valence-electron chi connectivity index (χ1n) is 6.25. The molecule has 0 unspecified atom stereocenters. The zero-order valence-corrected chi connectivity index (χ0v) is 12.9. The minimum absolute atomic E-state index is 0.0477. The average Bonchev–Trinajstić information content (AvgIpc) is 2.68. The van der Waals surface area contributed by atoms with Gasteiger partial charge in [0.1, 0.15) is 5.75 Å². The number of nitrogens with zero attached hydrogens (tertiary/aromatic N) is 2. The fourth-order valence-corrected chi connectivity index (χ4v) is 2.82. The summed E-state index contributed by atoms with van der Waals surface area (Å²) in [6.45, 7) is 3.29. The number of Topliss-reactive ketones (excluding diaryl/α,β-unsaturated/α-hetero) is 1. The van der Waals surface area contributed by atoms with E-state index in [1.165, 1.54) is 42.5 Å². The van der Waals surface area contributed by atoms with E-state index in [0.717, 1.165) is 5.69 Å². The molecular formula is C14H13F3N2O2S. The van der Waals surface area contributed by atoms with Crippen molar-refractivity contribution < 1.29 is 22.7 Å². The monoisotopic (exact) mass is 330 g/mol. The lowest BCUT2D eigenvalue weighted by atomic mass is 10.3. The number of hydrogen-bond acceptors (Lipinski definition) is 4. The highest BCUT2D eigenvalue weighted by Crippen LogP contribution is 2.24. The maximum atomic E-state index is 12.1. The Bertz CT molecular complexity index is 758. The van der Waals surface area contributed by atoms with E-state index in [1.807, 2.05) is 6.92 Å². The summed E-state index contributed by atoms with van der Waals surface area (Å²) >= 11 is 1.24. The Morgan fingerprint density at radius 2 is 1.86 bits per heavy atom. The van der Waals surface area contributed by atoms with Crippen molar-refractivity contribution in [2.75, 3.05) is 0 Å². The van der Waals surface area contributed by atoms with Crippen LogP contribution in [-0.4, -0.2) is 16.7 Å². The Balaban J connectivity index is 2.34. The third-order valence-corrected chi connectivity index (χ3v) is 4.26. The maximum absolute atomic E-state index is 12.1. The predicted molar refractivity (Wildman–Crippen MR) is 76.4 cm³/mol. The van der Waals surface area contributed by atoms with Crippen LogP contribution in [0.4, 0.5) is 18.9 Å². The molecule has 0 aliphatic rings. The Morgan fingerprint density at radius 3 is 2.32 bits per heavy atom. The smallest absolute Gasteiger partial charge is 0.406 e. The van der Waals surface area contributed by atoms with Crippen molar-refractivity contribution in [2.45, 2.75) is 20.2 Å². The molecule has 0 atom stereocenters. The molecule has 118 valence electrons. The molecule has 0 aliphatic carbocycles. The third kappa shape index (κ3) is 3.76. The van der Waals surface area contributed by atoms with Gasteiger partial charge in [-0.15, -0.1) is 13.2 Å². The van der Waals surface area contributed by atoms with Crippen LogP contribution in [0.3, 0.4) is 0 Å². The zero-order valence-electron chi connectivity index (χ0n) is 12.1. The minimum atomic E-state index is -4.72. The zero-order chi connectivity index (χ0) is 16.5. The molecule has 0 bridgehead atoms. The first-order chi connectivity index (χ1) is 10.2. The van der Waals surface area contributed by atoms with Crippen LogP contribution in [0.15, 0.2) is 29.3 Å². The van der Waals surface area contributed by atoms with E-state index < -0.39 is 6.36 Å². The number of thiazole rings is 1. The molecule has 0 radical (unpaired) electrons. The van der Waals surface area contributed by atoms with Crippen LogP contribution in [0.2, 0.25) is 0 Å². The average molecular weight is 330 g/mol. The first kappa shape index (κ1) is 16.3. The summed E-state index contributed by atoms with van der Waals surface area (Å²) in [5.74, 6) is -0.351. The van der Waals surface area contributed by atoms with Crippen molar-refractivity contribution in [1.29, 1.82) is 0 Å². The van der Waals surface area contributed by atoms with Gasteiger partial charge in [-0.1, -0.05) is 11.3 Å². The van der Waals surface area contributed by atoms with Crippen molar-refractivity contribution in [1.82, 2.24) is 4.57 Å². The highest BCUT2D eigenvalue weighted by molar-refractivity contribution is 7.11. The molecule has 4 nitrogen and oxygen atoms in total. The molecule has 0 fully saturated rings. The van der Waals surface area contributed by atoms with Gasteiger partial charge in [0.05, 0.1) is 10.6 Å². The summed E-state index contributed by atoms with van der Waals surface area (Å²) in [6, 6.07) is 5.23. The standard InChI is InChI=1S/C14H13F3N2O2S/c1-8-12(9(2)20)22-13(19(8)3)18-10-4-6-11(7-5-10)21-14(15,16)17/h4-7H,1-3H3. The highest BCUT2D eigenvalue weighted by Gasteiger charge is 2.30. The van der Waals surface area contributed by atoms with Gasteiger partial charge in [0.25, 0.3) is 0 Å². The fraction of sp³-hybridized carbons (Fsp3) is 0.286. The van der Waals surface area contributed by atoms with Crippen molar-refractivity contribution in [3.63, 3.8) is 0 Å². The van der Waals surface area contributed by atoms with E-state index in [2.05, 4.69) is 9.73 Å². The number of aromatic nitrogens is 1. The van der Waals surface area contributed by atoms with Crippen molar-refractivity contribution >= 4 is 22.8 Å². The van der Waals surface area contributed by atoms with Gasteiger partial charge < -0.3 is 9.30 Å². The van der Waals surface area contributed by atoms with E-state index in [-0.39, 0.29) is 11.5 Å². The lowest BCUT2D eigenvalue weighted by molar-refractivity contribution is -0.274. The van der Waals surface area contributed by atoms with Gasteiger partial charge >= 0.3 is 6.36 Å². The Hall–Kier alpha value is -2.09. The van der Waals surface area contributed by atoms with Gasteiger partial charge in [0.15, 0.2) is 10.6 Å². The number of carbonyl (C=O) groups is 1. The van der Waals surface area contributed by atoms with Gasteiger partial charge in [-0.25, -0.2) is 4.99 Å². The fourth-order valence-electron chi connectivity index (χ4n) is 1.79. The number of alkyl halides is 3. The topological polar surface area (TPSA) is 43.6 Å². The van der Waals surface area contributed by atoms with Gasteiger partial charge in [-0.2, -0.15) is 0 Å². The first-order valence-corrected chi connectivity index (χ1v) is 7.07. The van der Waals surface area contributed by atoms with Crippen molar-refractivity contribution in [3.8, 4) is 5.75 Å². The summed E-state index contributed by atoms with van der Waals surface area (Å²) in [5, 5.41) is 0. The van der Waals surface area contributed by atoms with Crippen molar-refractivity contribution in [3.05, 3.63) is 39.6 Å². The van der Waals surface area contributed by atoms with Gasteiger partial charge in [0, 0.05) is 19.7 Å². The largest absolute Gasteiger partial charge is 0.573 e. The quantitative estimate of drug-likeness (QED) is 0.805. The maximum Gasteiger partial charge on any atom is 0.573 e. The molecule has 0 aliphatic heterocycles. The number of ketones is 1. The van der Waals surface area contributed by atoms with Crippen LogP contribution in [-0.2, 0) is 7.05 Å². The second-order valence-corrected chi connectivity index (χ2v) is 5.55. The molecule has 1 aromatic carbocycles. The predicted octanol–water partition coefficient (Wildman–Crippen LogP) is 3.73. The Kier molecular flexibility index (Phi) is 4.41. The van der Waals surface area contributed by atoms with E-state index in [9.17, 15) is 18.0 Å². The highest BCUT2D eigenvalue weighted by atomic mass is 32.1. The summed E-state index contributed by atoms with van der Waals surface area (Å²) in [7, 11) is 1.78. The second kappa shape index (κ2) is 5.96. The van der Waals surface area contributed by atoms with E-state index in [0.29, 0.717) is 15.4 Å². The molecule has 0 saturated carbocycles. The molecule has 1 aromatic heterocycles. The van der Waals surface area contributed by atoms with Crippen LogP contribution in [0.5, 0.6) is 5.75 Å². The van der Waals surface area contributed by atoms with Gasteiger partial charge in [-0.05, 0) is 31.2 Å². The second-order valence-electron chi connectivity index (χ2n) is 4.57. The molecule has 2 rings (SSSR count). The summed E-state index contributed by atoms with van der Waals surface area (Å²) in [6.07, 6.45) is -4.72. The van der Waals surface area contributed by atoms with E-state index >= 15 is 0 Å². The van der Waals surface area contributed by atoms with Crippen LogP contribution in [0.1, 0.15) is 22.3 Å². The van der Waals surface area contributed by atoms with Crippen LogP contribution < -0.4 is 9.54 Å². The summed E-state index contributed by atoms with van der Waals surface area (Å²) < 4.78 is 41.8. The van der Waals surface area contributed by atoms with Crippen LogP contribution >= 0.6 is 11.3 Å². The van der Waals surface area contributed by atoms with E-state index in [1.54, 1.807) is 11.6 Å². The SMILES string of the molecule is CC(=O)c1sc(=Nc2ccc(OC(F)(F)F)cc2)n(C)c1C. The molecule has 1 heterocycles. The molecule has 8 heteroatoms. The molecule has 0 spiro atoms. The minimum Gasteiger partial charge on any atom is -0.406 e. The number of hydrogen-bond donors (Lipinski definition) is 0. The number of carbonyl (C=O) groups excluding carboxylic acids is 1. The number of benzene rings is 1. The lowest BCUT2D eigenvalue weighted by Gasteiger charge is -2.08. The molecular weight excluding hydrogens is 317 g/mol. The third-order valence-electron chi connectivity index (χ3n) is 2.93. The number of ether oxygens (including phenoxy) is 1. The molecule has 22 heavy (non-hydrogen) atoms. The molecule has 0 N–H and O–H groups in total. The number of halogens is 3. The van der Waals surface area contributed by atoms with Crippen molar-refractivity contribution in [2.24, 2.45) is 12.0 Å². The lowest BCUT2D eigenvalue weighted by Crippen LogP contribution is -2.16. The summed E-state index contributed by atoms with van der Waals surface area (Å²) in [5.41, 5.74) is 1.27. The molecule has 0 saturated heterocycles. The molecule has 2 aromatic rings. The Morgan fingerprint density at radius 1 is 1.27 bits per heavy atom. The molecule has 0 amide bonds. The van der Waals surface area contributed by atoms with E-state index in [4.69, 9.17) is 0 Å². The Labute approximate surface area is 128 Å². The van der Waals surface area contributed by atoms with Crippen LogP contribution in [0.25, 0.3) is 0 Å². The van der Waals surface area contributed by atoms with Crippen LogP contribution in [0, 0.1) is 6.92 Å². The van der Waals surface area contributed by atoms with Gasteiger partial charge in [0.2, 0.25) is 0 Å². The summed E-state index contributed by atoms with van der Waals surface area (Å²) in [4.78, 5) is 17.0. The normalized spacial score (nSPS) is 12.5.